The number of nitrogens with one attached hydrogen (secondary N) is 2. The minimum Gasteiger partial charge on any atom is -0.457 e. The first kappa shape index (κ1) is 23.8. The van der Waals surface area contributed by atoms with Crippen LogP contribution in [-0.2, 0) is 14.4 Å². The molecule has 0 radical (unpaired) electrons. The molecule has 0 aliphatic carbocycles. The van der Waals surface area contributed by atoms with Crippen molar-refractivity contribution in [1.29, 1.82) is 0 Å². The molecule has 2 aliphatic heterocycles. The second kappa shape index (κ2) is 11.2. The molecule has 0 bridgehead atoms. The summed E-state index contributed by atoms with van der Waals surface area (Å²) in [7, 11) is 0. The third-order valence-corrected chi connectivity index (χ3v) is 6.59. The van der Waals surface area contributed by atoms with E-state index in [1.54, 1.807) is 0 Å². The average molecular weight is 464 g/mol. The molecule has 1 saturated heterocycles. The van der Waals surface area contributed by atoms with Gasteiger partial charge in [0.2, 0.25) is 17.7 Å². The molecule has 0 saturated carbocycles. The third kappa shape index (κ3) is 5.58. The van der Waals surface area contributed by atoms with Gasteiger partial charge in [0.1, 0.15) is 11.5 Å². The number of nitrogens with zero attached hydrogens (tertiary/aromatic N) is 1. The lowest BCUT2D eigenvalue weighted by atomic mass is 9.86. The van der Waals surface area contributed by atoms with Crippen LogP contribution in [0.2, 0.25) is 0 Å². The average Bonchev–Trinajstić information content (AvgIpc) is 2.86. The van der Waals surface area contributed by atoms with Gasteiger partial charge in [-0.05, 0) is 37.3 Å². The largest absolute Gasteiger partial charge is 0.457 e. The number of fused-ring (bicyclic) bond motifs is 2. The monoisotopic (exact) mass is 463 g/mol. The molecule has 1 fully saturated rings. The highest BCUT2D eigenvalue weighted by molar-refractivity contribution is 5.89. The van der Waals surface area contributed by atoms with Crippen LogP contribution in [-0.4, -0.2) is 48.8 Å². The maximum Gasteiger partial charge on any atom is 0.234 e. The molecular weight excluding hydrogens is 430 g/mol. The molecule has 3 amide bonds. The van der Waals surface area contributed by atoms with Crippen LogP contribution in [0, 0.1) is 5.92 Å². The Morgan fingerprint density at radius 3 is 2.09 bits per heavy atom. The molecule has 7 nitrogen and oxygen atoms in total. The lowest BCUT2D eigenvalue weighted by molar-refractivity contribution is -0.133. The van der Waals surface area contributed by atoms with E-state index in [1.807, 2.05) is 60.4 Å². The standard InChI is InChI=1S/C27H33N3O4/c1-2-7-24(31)28-15-12-25(32)29-18-19-13-16-30(17-14-19)27(33)26-20-8-3-5-10-22(20)34-23-11-6-4-9-21(23)26/h3-6,8-11,19,26H,2,7,12-18H2,1H3,(H,28,31)(H,29,32). The van der Waals surface area contributed by atoms with Crippen LogP contribution in [0.4, 0.5) is 0 Å². The molecule has 2 heterocycles. The van der Waals surface area contributed by atoms with Gasteiger partial charge in [0.25, 0.3) is 0 Å². The summed E-state index contributed by atoms with van der Waals surface area (Å²) in [5.74, 6) is 1.50. The Morgan fingerprint density at radius 1 is 0.882 bits per heavy atom. The Morgan fingerprint density at radius 2 is 1.47 bits per heavy atom. The van der Waals surface area contributed by atoms with Crippen molar-refractivity contribution in [3.05, 3.63) is 59.7 Å². The number of rotatable bonds is 8. The molecular formula is C27H33N3O4. The molecule has 34 heavy (non-hydrogen) atoms. The molecule has 2 aromatic rings. The number of amides is 3. The number of piperidine rings is 1. The first-order valence-corrected chi connectivity index (χ1v) is 12.2. The molecule has 0 atom stereocenters. The highest BCUT2D eigenvalue weighted by atomic mass is 16.5. The third-order valence-electron chi connectivity index (χ3n) is 6.59. The van der Waals surface area contributed by atoms with E-state index in [2.05, 4.69) is 10.6 Å². The first-order chi connectivity index (χ1) is 16.6. The minimum atomic E-state index is -0.361. The van der Waals surface area contributed by atoms with Crippen molar-refractivity contribution in [2.75, 3.05) is 26.2 Å². The van der Waals surface area contributed by atoms with E-state index in [-0.39, 0.29) is 30.1 Å². The van der Waals surface area contributed by atoms with Gasteiger partial charge in [-0.25, -0.2) is 0 Å². The van der Waals surface area contributed by atoms with Gasteiger partial charge in [-0.2, -0.15) is 0 Å². The summed E-state index contributed by atoms with van der Waals surface area (Å²) in [6, 6.07) is 15.5. The van der Waals surface area contributed by atoms with Crippen molar-refractivity contribution >= 4 is 17.7 Å². The lowest BCUT2D eigenvalue weighted by Gasteiger charge is -2.36. The fourth-order valence-electron chi connectivity index (χ4n) is 4.69. The van der Waals surface area contributed by atoms with E-state index in [9.17, 15) is 14.4 Å². The summed E-state index contributed by atoms with van der Waals surface area (Å²) in [4.78, 5) is 39.2. The van der Waals surface area contributed by atoms with E-state index < -0.39 is 0 Å². The van der Waals surface area contributed by atoms with Gasteiger partial charge in [0.05, 0.1) is 5.92 Å². The molecule has 0 spiro atoms. The predicted molar refractivity (Wildman–Crippen MR) is 130 cm³/mol. The molecule has 2 aliphatic rings. The van der Waals surface area contributed by atoms with Crippen LogP contribution >= 0.6 is 0 Å². The quantitative estimate of drug-likeness (QED) is 0.626. The van der Waals surface area contributed by atoms with Gasteiger partial charge < -0.3 is 20.3 Å². The summed E-state index contributed by atoms with van der Waals surface area (Å²) in [6.45, 7) is 4.27. The smallest absolute Gasteiger partial charge is 0.234 e. The van der Waals surface area contributed by atoms with E-state index in [0.717, 1.165) is 41.9 Å². The Labute approximate surface area is 200 Å². The van der Waals surface area contributed by atoms with Crippen LogP contribution in [0.25, 0.3) is 0 Å². The minimum absolute atomic E-state index is 0.0119. The maximum absolute atomic E-state index is 13.6. The topological polar surface area (TPSA) is 87.7 Å². The summed E-state index contributed by atoms with van der Waals surface area (Å²) < 4.78 is 6.04. The van der Waals surface area contributed by atoms with Crippen molar-refractivity contribution in [2.45, 2.75) is 44.9 Å². The van der Waals surface area contributed by atoms with Crippen LogP contribution in [0.1, 0.15) is 56.1 Å². The molecule has 4 rings (SSSR count). The van der Waals surface area contributed by atoms with E-state index in [0.29, 0.717) is 38.5 Å². The highest BCUT2D eigenvalue weighted by Crippen LogP contribution is 2.44. The molecule has 180 valence electrons. The zero-order valence-electron chi connectivity index (χ0n) is 19.7. The normalized spacial score (nSPS) is 15.6. The maximum atomic E-state index is 13.6. The van der Waals surface area contributed by atoms with E-state index >= 15 is 0 Å². The summed E-state index contributed by atoms with van der Waals surface area (Å²) in [5, 5.41) is 5.74. The Bertz CT molecular complexity index is 985. The van der Waals surface area contributed by atoms with Crippen molar-refractivity contribution < 1.29 is 19.1 Å². The van der Waals surface area contributed by atoms with Crippen molar-refractivity contribution in [2.24, 2.45) is 5.92 Å². The Hall–Kier alpha value is -3.35. The second-order valence-electron chi connectivity index (χ2n) is 9.03. The highest BCUT2D eigenvalue weighted by Gasteiger charge is 2.36. The van der Waals surface area contributed by atoms with E-state index in [4.69, 9.17) is 4.74 Å². The van der Waals surface area contributed by atoms with Gasteiger partial charge in [-0.1, -0.05) is 43.3 Å². The number of ether oxygens (including phenoxy) is 1. The Kier molecular flexibility index (Phi) is 7.83. The molecule has 0 aromatic heterocycles. The zero-order valence-corrected chi connectivity index (χ0v) is 19.7. The van der Waals surface area contributed by atoms with Gasteiger partial charge in [-0.15, -0.1) is 0 Å². The van der Waals surface area contributed by atoms with Crippen LogP contribution in [0.5, 0.6) is 11.5 Å². The summed E-state index contributed by atoms with van der Waals surface area (Å²) in [6.07, 6.45) is 3.28. The first-order valence-electron chi connectivity index (χ1n) is 12.2. The number of carbonyl (C=O) groups is 3. The van der Waals surface area contributed by atoms with Crippen molar-refractivity contribution in [3.63, 3.8) is 0 Å². The van der Waals surface area contributed by atoms with Crippen LogP contribution in [0.3, 0.4) is 0 Å². The van der Waals surface area contributed by atoms with Gasteiger partial charge in [0, 0.05) is 50.1 Å². The molecule has 2 aromatic carbocycles. The number of hydrogen-bond acceptors (Lipinski definition) is 4. The molecule has 7 heteroatoms. The molecule has 0 unspecified atom stereocenters. The van der Waals surface area contributed by atoms with Gasteiger partial charge in [-0.3, -0.25) is 14.4 Å². The number of hydrogen-bond donors (Lipinski definition) is 2. The fourth-order valence-corrected chi connectivity index (χ4v) is 4.69. The SMILES string of the molecule is CCCC(=O)NCCC(=O)NCC1CCN(C(=O)C2c3ccccc3Oc3ccccc32)CC1. The van der Waals surface area contributed by atoms with Gasteiger partial charge >= 0.3 is 0 Å². The summed E-state index contributed by atoms with van der Waals surface area (Å²) >= 11 is 0. The lowest BCUT2D eigenvalue weighted by Crippen LogP contribution is -2.44. The Balaban J connectivity index is 1.29. The molecule has 2 N–H and O–H groups in total. The number of likely N-dealkylation sites (tertiary alicyclic amines) is 1. The van der Waals surface area contributed by atoms with Crippen molar-refractivity contribution in [3.8, 4) is 11.5 Å². The van der Waals surface area contributed by atoms with Crippen molar-refractivity contribution in [1.82, 2.24) is 15.5 Å². The fraction of sp³-hybridized carbons (Fsp3) is 0.444. The number of benzene rings is 2. The predicted octanol–water partition coefficient (Wildman–Crippen LogP) is 3.59. The van der Waals surface area contributed by atoms with Crippen LogP contribution < -0.4 is 15.4 Å². The zero-order chi connectivity index (χ0) is 23.9. The van der Waals surface area contributed by atoms with Crippen LogP contribution in [0.15, 0.2) is 48.5 Å². The number of para-hydroxylation sites is 2. The summed E-state index contributed by atoms with van der Waals surface area (Å²) in [5.41, 5.74) is 1.82. The number of carbonyl (C=O) groups excluding carboxylic acids is 3. The van der Waals surface area contributed by atoms with Gasteiger partial charge in [0.15, 0.2) is 0 Å². The van der Waals surface area contributed by atoms with E-state index in [1.165, 1.54) is 0 Å². The second-order valence-corrected chi connectivity index (χ2v) is 9.03.